The van der Waals surface area contributed by atoms with Crippen molar-refractivity contribution in [2.24, 2.45) is 50.2 Å². The van der Waals surface area contributed by atoms with E-state index < -0.39 is 17.5 Å². The number of carboxylic acid groups (broad SMARTS) is 1. The van der Waals surface area contributed by atoms with E-state index in [2.05, 4.69) is 47.6 Å². The number of carboxylic acids is 1. The van der Waals surface area contributed by atoms with E-state index >= 15 is 0 Å². The molecule has 4 saturated carbocycles. The van der Waals surface area contributed by atoms with Gasteiger partial charge in [0.15, 0.2) is 0 Å². The van der Waals surface area contributed by atoms with E-state index in [-0.39, 0.29) is 39.1 Å². The molecule has 10 atom stereocenters. The van der Waals surface area contributed by atoms with Crippen LogP contribution in [0.5, 0.6) is 0 Å². The van der Waals surface area contributed by atoms with Crippen molar-refractivity contribution in [1.82, 2.24) is 0 Å². The number of allylic oxidation sites excluding steroid dienone is 2. The molecule has 5 aliphatic carbocycles. The summed E-state index contributed by atoms with van der Waals surface area (Å²) in [5.41, 5.74) is 0.706. The van der Waals surface area contributed by atoms with Crippen LogP contribution in [0.2, 0.25) is 0 Å². The first-order valence-electron chi connectivity index (χ1n) is 13.9. The van der Waals surface area contributed by atoms with Crippen molar-refractivity contribution >= 4 is 5.97 Å². The van der Waals surface area contributed by atoms with Crippen molar-refractivity contribution < 1.29 is 20.1 Å². The van der Waals surface area contributed by atoms with Crippen molar-refractivity contribution in [3.63, 3.8) is 0 Å². The monoisotopic (exact) mass is 472 g/mol. The Morgan fingerprint density at radius 3 is 2.15 bits per heavy atom. The highest BCUT2D eigenvalue weighted by Crippen LogP contribution is 2.75. The fraction of sp³-hybridized carbons (Fsp3) is 0.900. The predicted octanol–water partition coefficient (Wildman–Crippen LogP) is 6.20. The van der Waals surface area contributed by atoms with Crippen LogP contribution in [0.25, 0.3) is 0 Å². The highest BCUT2D eigenvalue weighted by atomic mass is 16.4. The zero-order valence-electron chi connectivity index (χ0n) is 22.6. The Morgan fingerprint density at radius 1 is 0.824 bits per heavy atom. The van der Waals surface area contributed by atoms with E-state index in [4.69, 9.17) is 0 Å². The Bertz CT molecular complexity index is 923. The molecular formula is C30H48O4. The molecule has 0 saturated heterocycles. The standard InChI is InChI=1S/C30H48O4/c1-25(2)20-10-13-30(7)21(28(20,5)12-11-22(25)31)9-8-18-19-16-26(3,24(33)34)17-23(32)27(19,4)14-15-29(18,30)6/h8,19-23,31-32H,9-17H2,1-7H3,(H,33,34)/t19?,20?,21?,22?,23?,26-,27+,28-,29+,30+/m0/s1. The van der Waals surface area contributed by atoms with Gasteiger partial charge in [-0.3, -0.25) is 4.79 Å². The summed E-state index contributed by atoms with van der Waals surface area (Å²) >= 11 is 0. The summed E-state index contributed by atoms with van der Waals surface area (Å²) in [6.45, 7) is 16.2. The topological polar surface area (TPSA) is 77.8 Å². The van der Waals surface area contributed by atoms with E-state index in [1.54, 1.807) is 0 Å². The smallest absolute Gasteiger partial charge is 0.309 e. The first-order chi connectivity index (χ1) is 15.6. The van der Waals surface area contributed by atoms with Gasteiger partial charge < -0.3 is 15.3 Å². The second-order valence-corrected chi connectivity index (χ2v) is 15.0. The molecule has 5 rings (SSSR count). The van der Waals surface area contributed by atoms with Crippen molar-refractivity contribution in [1.29, 1.82) is 0 Å². The molecule has 0 amide bonds. The number of aliphatic hydroxyl groups excluding tert-OH is 2. The first kappa shape index (κ1) is 24.8. The van der Waals surface area contributed by atoms with Gasteiger partial charge in [-0.15, -0.1) is 0 Å². The highest BCUT2D eigenvalue weighted by Gasteiger charge is 2.69. The van der Waals surface area contributed by atoms with Gasteiger partial charge in [-0.2, -0.15) is 0 Å². The Morgan fingerprint density at radius 2 is 1.50 bits per heavy atom. The lowest BCUT2D eigenvalue weighted by Crippen LogP contribution is -2.65. The maximum Gasteiger partial charge on any atom is 0.309 e. The second-order valence-electron chi connectivity index (χ2n) is 15.0. The molecule has 34 heavy (non-hydrogen) atoms. The minimum Gasteiger partial charge on any atom is -0.481 e. The minimum absolute atomic E-state index is 0.0325. The SMILES string of the molecule is CC1(C)C(O)CC[C@@]2(C)C1CC[C@]1(C)C2CC=C2C3C[C@](C)(C(=O)O)CC(O)[C@]3(C)CC[C@]21C. The molecule has 0 aromatic heterocycles. The van der Waals surface area contributed by atoms with Crippen molar-refractivity contribution in [2.45, 2.75) is 118 Å². The third-order valence-corrected chi connectivity index (χ3v) is 13.4. The van der Waals surface area contributed by atoms with E-state index in [1.807, 2.05) is 6.92 Å². The lowest BCUT2D eigenvalue weighted by Gasteiger charge is -2.71. The molecular weight excluding hydrogens is 424 g/mol. The molecule has 0 aromatic rings. The van der Waals surface area contributed by atoms with Gasteiger partial charge >= 0.3 is 5.97 Å². The zero-order chi connectivity index (χ0) is 25.1. The molecule has 0 radical (unpaired) electrons. The number of hydrogen-bond donors (Lipinski definition) is 3. The first-order valence-corrected chi connectivity index (χ1v) is 13.9. The van der Waals surface area contributed by atoms with E-state index in [9.17, 15) is 20.1 Å². The number of fused-ring (bicyclic) bond motifs is 7. The summed E-state index contributed by atoms with van der Waals surface area (Å²) in [6, 6.07) is 0. The van der Waals surface area contributed by atoms with E-state index in [0.29, 0.717) is 24.7 Å². The lowest BCUT2D eigenvalue weighted by atomic mass is 9.33. The van der Waals surface area contributed by atoms with Gasteiger partial charge in [-0.25, -0.2) is 0 Å². The Kier molecular flexibility index (Phi) is 5.20. The summed E-state index contributed by atoms with van der Waals surface area (Å²) in [7, 11) is 0. The van der Waals surface area contributed by atoms with Gasteiger partial charge in [0.2, 0.25) is 0 Å². The third-order valence-electron chi connectivity index (χ3n) is 13.4. The molecule has 0 aromatic carbocycles. The quantitative estimate of drug-likeness (QED) is 0.397. The van der Waals surface area contributed by atoms with Crippen LogP contribution < -0.4 is 0 Å². The molecule has 192 valence electrons. The van der Waals surface area contributed by atoms with Gasteiger partial charge in [0.25, 0.3) is 0 Å². The number of rotatable bonds is 1. The maximum atomic E-state index is 12.3. The molecule has 0 bridgehead atoms. The van der Waals surface area contributed by atoms with Gasteiger partial charge in [-0.05, 0) is 104 Å². The molecule has 0 heterocycles. The Labute approximate surface area is 206 Å². The van der Waals surface area contributed by atoms with Crippen LogP contribution in [0.3, 0.4) is 0 Å². The number of aliphatic carboxylic acids is 1. The normalized spacial score (nSPS) is 56.3. The van der Waals surface area contributed by atoms with Crippen molar-refractivity contribution in [2.75, 3.05) is 0 Å². The predicted molar refractivity (Wildman–Crippen MR) is 134 cm³/mol. The van der Waals surface area contributed by atoms with Crippen LogP contribution in [-0.4, -0.2) is 33.5 Å². The summed E-state index contributed by atoms with van der Waals surface area (Å²) in [6.07, 6.45) is 10.1. The molecule has 5 unspecified atom stereocenters. The molecule has 0 aliphatic heterocycles. The van der Waals surface area contributed by atoms with Gasteiger partial charge in [-0.1, -0.05) is 53.2 Å². The fourth-order valence-electron chi connectivity index (χ4n) is 10.6. The van der Waals surface area contributed by atoms with Gasteiger partial charge in [0.05, 0.1) is 17.6 Å². The van der Waals surface area contributed by atoms with Crippen LogP contribution in [0, 0.1) is 50.2 Å². The zero-order valence-corrected chi connectivity index (χ0v) is 22.6. The Hall–Kier alpha value is -0.870. The van der Waals surface area contributed by atoms with Crippen molar-refractivity contribution in [3.05, 3.63) is 11.6 Å². The molecule has 4 fully saturated rings. The minimum atomic E-state index is -0.867. The average molecular weight is 473 g/mol. The molecule has 5 aliphatic rings. The Balaban J connectivity index is 1.59. The van der Waals surface area contributed by atoms with Crippen LogP contribution in [0.4, 0.5) is 0 Å². The number of aliphatic hydroxyl groups is 2. The van der Waals surface area contributed by atoms with Crippen molar-refractivity contribution in [3.8, 4) is 0 Å². The summed E-state index contributed by atoms with van der Waals surface area (Å²) in [5.74, 6) is 0.463. The van der Waals surface area contributed by atoms with E-state index in [0.717, 1.165) is 38.5 Å². The maximum absolute atomic E-state index is 12.3. The van der Waals surface area contributed by atoms with Crippen LogP contribution in [-0.2, 0) is 4.79 Å². The molecule has 4 nitrogen and oxygen atoms in total. The van der Waals surface area contributed by atoms with Crippen LogP contribution in [0.15, 0.2) is 11.6 Å². The van der Waals surface area contributed by atoms with Crippen LogP contribution in [0.1, 0.15) is 106 Å². The number of hydrogen-bond acceptors (Lipinski definition) is 3. The van der Waals surface area contributed by atoms with Crippen LogP contribution >= 0.6 is 0 Å². The third kappa shape index (κ3) is 2.82. The van der Waals surface area contributed by atoms with E-state index in [1.165, 1.54) is 12.0 Å². The number of carbonyl (C=O) groups is 1. The van der Waals surface area contributed by atoms with Gasteiger partial charge in [0.1, 0.15) is 0 Å². The molecule has 0 spiro atoms. The lowest BCUT2D eigenvalue weighted by molar-refractivity contribution is -0.208. The second kappa shape index (κ2) is 7.12. The average Bonchev–Trinajstić information content (AvgIpc) is 2.73. The fourth-order valence-corrected chi connectivity index (χ4v) is 10.6. The summed E-state index contributed by atoms with van der Waals surface area (Å²) in [5, 5.41) is 32.2. The summed E-state index contributed by atoms with van der Waals surface area (Å²) < 4.78 is 0. The van der Waals surface area contributed by atoms with Gasteiger partial charge in [0, 0.05) is 5.41 Å². The summed E-state index contributed by atoms with van der Waals surface area (Å²) in [4.78, 5) is 12.3. The molecule has 3 N–H and O–H groups in total. The largest absolute Gasteiger partial charge is 0.481 e. The molecule has 4 heteroatoms. The highest BCUT2D eigenvalue weighted by molar-refractivity contribution is 5.74.